The number of Topliss-reactive ketones (excluding diaryl/α,β-unsaturated/α-hetero) is 1. The summed E-state index contributed by atoms with van der Waals surface area (Å²) in [6, 6.07) is 9.09. The van der Waals surface area contributed by atoms with Gasteiger partial charge in [-0.05, 0) is 6.92 Å². The summed E-state index contributed by atoms with van der Waals surface area (Å²) in [6.07, 6.45) is 0.648. The highest BCUT2D eigenvalue weighted by atomic mass is 32.1. The Balaban J connectivity index is 1.66. The Morgan fingerprint density at radius 1 is 1.24 bits per heavy atom. The third kappa shape index (κ3) is 3.41. The van der Waals surface area contributed by atoms with Crippen LogP contribution >= 0.6 is 11.3 Å². The Labute approximate surface area is 125 Å². The van der Waals surface area contributed by atoms with Crippen molar-refractivity contribution in [1.82, 2.24) is 15.1 Å². The van der Waals surface area contributed by atoms with Crippen LogP contribution in [0.15, 0.2) is 40.2 Å². The van der Waals surface area contributed by atoms with Crippen LogP contribution in [0.4, 0.5) is 0 Å². The van der Waals surface area contributed by atoms with Gasteiger partial charge in [-0.2, -0.15) is 4.98 Å². The molecule has 21 heavy (non-hydrogen) atoms. The second kappa shape index (κ2) is 5.97. The largest absolute Gasteiger partial charge is 0.339 e. The molecule has 0 aliphatic carbocycles. The predicted octanol–water partition coefficient (Wildman–Crippen LogP) is 2.85. The number of carbonyl (C=O) groups excluding carboxylic acids is 1. The molecule has 0 saturated carbocycles. The molecule has 0 aliphatic rings. The maximum absolute atomic E-state index is 12.0. The Bertz CT molecular complexity index is 749. The van der Waals surface area contributed by atoms with E-state index in [9.17, 15) is 4.79 Å². The van der Waals surface area contributed by atoms with E-state index < -0.39 is 0 Å². The summed E-state index contributed by atoms with van der Waals surface area (Å²) in [7, 11) is 0. The molecule has 0 fully saturated rings. The second-order valence-electron chi connectivity index (χ2n) is 4.63. The molecule has 5 nitrogen and oxygen atoms in total. The van der Waals surface area contributed by atoms with Crippen LogP contribution in [-0.2, 0) is 12.8 Å². The molecule has 0 atom stereocenters. The normalized spacial score (nSPS) is 10.7. The number of rotatable bonds is 5. The highest BCUT2D eigenvalue weighted by Crippen LogP contribution is 2.13. The summed E-state index contributed by atoms with van der Waals surface area (Å²) in [5, 5.41) is 6.82. The van der Waals surface area contributed by atoms with E-state index in [1.807, 2.05) is 30.5 Å². The number of aromatic nitrogens is 3. The van der Waals surface area contributed by atoms with Crippen LogP contribution in [0.3, 0.4) is 0 Å². The molecule has 3 aromatic rings. The average molecular weight is 299 g/mol. The average Bonchev–Trinajstić information content (AvgIpc) is 3.09. The number of ketones is 1. The summed E-state index contributed by atoms with van der Waals surface area (Å²) in [5.74, 6) is 0.864. The van der Waals surface area contributed by atoms with E-state index in [4.69, 9.17) is 4.52 Å². The zero-order valence-corrected chi connectivity index (χ0v) is 12.3. The van der Waals surface area contributed by atoms with Gasteiger partial charge < -0.3 is 4.52 Å². The monoisotopic (exact) mass is 299 g/mol. The fraction of sp³-hybridized carbons (Fsp3) is 0.200. The van der Waals surface area contributed by atoms with Gasteiger partial charge in [-0.15, -0.1) is 11.3 Å². The molecule has 2 aromatic heterocycles. The summed E-state index contributed by atoms with van der Waals surface area (Å²) >= 11 is 1.56. The molecule has 3 rings (SSSR count). The maximum atomic E-state index is 12.0. The van der Waals surface area contributed by atoms with Gasteiger partial charge in [0, 0.05) is 16.6 Å². The molecule has 0 radical (unpaired) electrons. The summed E-state index contributed by atoms with van der Waals surface area (Å²) in [6.45, 7) is 1.94. The smallest absolute Gasteiger partial charge is 0.234 e. The van der Waals surface area contributed by atoms with Crippen molar-refractivity contribution in [2.45, 2.75) is 19.8 Å². The van der Waals surface area contributed by atoms with E-state index in [0.717, 1.165) is 10.7 Å². The van der Waals surface area contributed by atoms with E-state index in [2.05, 4.69) is 15.1 Å². The van der Waals surface area contributed by atoms with Crippen molar-refractivity contribution in [3.63, 3.8) is 0 Å². The fourth-order valence-corrected chi connectivity index (χ4v) is 2.68. The van der Waals surface area contributed by atoms with Crippen molar-refractivity contribution >= 4 is 17.1 Å². The summed E-state index contributed by atoms with van der Waals surface area (Å²) in [4.78, 5) is 20.6. The van der Waals surface area contributed by atoms with Crippen LogP contribution in [0.1, 0.15) is 32.8 Å². The van der Waals surface area contributed by atoms with Crippen LogP contribution in [-0.4, -0.2) is 20.9 Å². The predicted molar refractivity (Wildman–Crippen MR) is 78.4 cm³/mol. The first-order valence-corrected chi connectivity index (χ1v) is 7.39. The molecule has 1 aromatic carbocycles. The molecule has 2 heterocycles. The minimum atomic E-state index is -0.0316. The highest BCUT2D eigenvalue weighted by molar-refractivity contribution is 7.09. The number of carbonyl (C=O) groups is 1. The number of hydrogen-bond acceptors (Lipinski definition) is 6. The van der Waals surface area contributed by atoms with Crippen molar-refractivity contribution < 1.29 is 9.32 Å². The molecule has 0 N–H and O–H groups in total. The zero-order chi connectivity index (χ0) is 14.7. The Kier molecular flexibility index (Phi) is 3.87. The lowest BCUT2D eigenvalue weighted by Gasteiger charge is -1.95. The molecular formula is C15H13N3O2S. The first-order chi connectivity index (χ1) is 10.2. The van der Waals surface area contributed by atoms with Crippen LogP contribution in [0.2, 0.25) is 0 Å². The third-order valence-electron chi connectivity index (χ3n) is 2.89. The van der Waals surface area contributed by atoms with Crippen molar-refractivity contribution in [2.75, 3.05) is 0 Å². The standard InChI is InChI=1S/C15H13N3O2S/c1-10-9-21-15(16-10)8-13-17-14(20-18-13)7-12(19)11-5-3-2-4-6-11/h2-6,9H,7-8H2,1H3. The number of hydrogen-bond donors (Lipinski definition) is 0. The molecule has 6 heteroatoms. The minimum Gasteiger partial charge on any atom is -0.339 e. The lowest BCUT2D eigenvalue weighted by Crippen LogP contribution is -2.03. The van der Waals surface area contributed by atoms with Crippen molar-refractivity contribution in [2.24, 2.45) is 0 Å². The van der Waals surface area contributed by atoms with Gasteiger partial charge in [-0.1, -0.05) is 35.5 Å². The molecule has 106 valence electrons. The number of benzene rings is 1. The highest BCUT2D eigenvalue weighted by Gasteiger charge is 2.14. The third-order valence-corrected chi connectivity index (χ3v) is 3.86. The number of nitrogens with zero attached hydrogens (tertiary/aromatic N) is 3. The first-order valence-electron chi connectivity index (χ1n) is 6.51. The topological polar surface area (TPSA) is 68.9 Å². The fourth-order valence-electron chi connectivity index (χ4n) is 1.92. The summed E-state index contributed by atoms with van der Waals surface area (Å²) < 4.78 is 5.13. The Hall–Kier alpha value is -2.34. The Morgan fingerprint density at radius 3 is 2.76 bits per heavy atom. The zero-order valence-electron chi connectivity index (χ0n) is 11.4. The molecule has 0 spiro atoms. The van der Waals surface area contributed by atoms with Crippen LogP contribution < -0.4 is 0 Å². The van der Waals surface area contributed by atoms with Gasteiger partial charge in [-0.25, -0.2) is 4.98 Å². The van der Waals surface area contributed by atoms with E-state index in [1.54, 1.807) is 23.5 Å². The van der Waals surface area contributed by atoms with Gasteiger partial charge in [0.25, 0.3) is 0 Å². The minimum absolute atomic E-state index is 0.0316. The SMILES string of the molecule is Cc1csc(Cc2noc(CC(=O)c3ccccc3)n2)n1. The molecule has 0 amide bonds. The van der Waals surface area contributed by atoms with Gasteiger partial charge in [0.2, 0.25) is 5.89 Å². The molecule has 0 bridgehead atoms. The lowest BCUT2D eigenvalue weighted by molar-refractivity contribution is 0.0983. The van der Waals surface area contributed by atoms with Crippen LogP contribution in [0, 0.1) is 6.92 Å². The van der Waals surface area contributed by atoms with Gasteiger partial charge in [0.05, 0.1) is 12.8 Å². The number of thiazole rings is 1. The second-order valence-corrected chi connectivity index (χ2v) is 5.57. The van der Waals surface area contributed by atoms with E-state index in [1.165, 1.54) is 0 Å². The first kappa shape index (κ1) is 13.6. The molecular weight excluding hydrogens is 286 g/mol. The van der Waals surface area contributed by atoms with Crippen LogP contribution in [0.5, 0.6) is 0 Å². The van der Waals surface area contributed by atoms with E-state index in [-0.39, 0.29) is 12.2 Å². The molecule has 0 unspecified atom stereocenters. The van der Waals surface area contributed by atoms with Gasteiger partial charge in [0.1, 0.15) is 5.01 Å². The Morgan fingerprint density at radius 2 is 2.05 bits per heavy atom. The summed E-state index contributed by atoms with van der Waals surface area (Å²) in [5.41, 5.74) is 1.63. The van der Waals surface area contributed by atoms with Gasteiger partial charge in [0.15, 0.2) is 11.6 Å². The van der Waals surface area contributed by atoms with Gasteiger partial charge in [-0.3, -0.25) is 4.79 Å². The van der Waals surface area contributed by atoms with Gasteiger partial charge >= 0.3 is 0 Å². The van der Waals surface area contributed by atoms with Crippen LogP contribution in [0.25, 0.3) is 0 Å². The maximum Gasteiger partial charge on any atom is 0.234 e. The van der Waals surface area contributed by atoms with E-state index >= 15 is 0 Å². The quantitative estimate of drug-likeness (QED) is 0.678. The molecule has 0 aliphatic heterocycles. The van der Waals surface area contributed by atoms with Crippen molar-refractivity contribution in [1.29, 1.82) is 0 Å². The number of aryl methyl sites for hydroxylation is 1. The van der Waals surface area contributed by atoms with Crippen molar-refractivity contribution in [3.05, 3.63) is 63.7 Å². The lowest BCUT2D eigenvalue weighted by atomic mass is 10.1. The van der Waals surface area contributed by atoms with Crippen molar-refractivity contribution in [3.8, 4) is 0 Å². The molecule has 0 saturated heterocycles. The van der Waals surface area contributed by atoms with E-state index in [0.29, 0.717) is 23.7 Å².